The van der Waals surface area contributed by atoms with Gasteiger partial charge in [-0.15, -0.1) is 0 Å². The van der Waals surface area contributed by atoms with Gasteiger partial charge in [-0.25, -0.2) is 0 Å². The monoisotopic (exact) mass is 197 g/mol. The summed E-state index contributed by atoms with van der Waals surface area (Å²) in [4.78, 5) is 4.13. The topological polar surface area (TPSA) is 12.9 Å². The lowest BCUT2D eigenvalue weighted by Gasteiger charge is -2.00. The van der Waals surface area contributed by atoms with Crippen molar-refractivity contribution in [3.05, 3.63) is 40.5 Å². The Bertz CT molecular complexity index is 389. The minimum atomic E-state index is 0.644. The predicted molar refractivity (Wildman–Crippen MR) is 51.8 cm³/mol. The molecule has 0 fully saturated rings. The third-order valence-corrected chi connectivity index (χ3v) is 2.29. The van der Waals surface area contributed by atoms with Gasteiger partial charge in [0.2, 0.25) is 0 Å². The lowest BCUT2D eigenvalue weighted by molar-refractivity contribution is 1.41. The molecule has 0 aliphatic rings. The minimum absolute atomic E-state index is 0.644. The van der Waals surface area contributed by atoms with Crippen LogP contribution in [0.25, 0.3) is 10.9 Å². The summed E-state index contributed by atoms with van der Waals surface area (Å²) in [6.07, 6.45) is 1.67. The van der Waals surface area contributed by atoms with Crippen molar-refractivity contribution in [2.45, 2.75) is 0 Å². The van der Waals surface area contributed by atoms with Crippen LogP contribution in [0.4, 0.5) is 0 Å². The Kier molecular flexibility index (Phi) is 1.91. The molecule has 0 saturated heterocycles. The molecule has 60 valence electrons. The number of aromatic nitrogens is 1. The highest BCUT2D eigenvalue weighted by atomic mass is 35.5. The van der Waals surface area contributed by atoms with Crippen molar-refractivity contribution in [1.82, 2.24) is 4.98 Å². The van der Waals surface area contributed by atoms with Crippen LogP contribution in [0, 0.1) is 0 Å². The van der Waals surface area contributed by atoms with Gasteiger partial charge >= 0.3 is 0 Å². The van der Waals surface area contributed by atoms with Crippen molar-refractivity contribution in [1.29, 1.82) is 0 Å². The number of rotatable bonds is 0. The second-order valence-electron chi connectivity index (χ2n) is 2.43. The predicted octanol–water partition coefficient (Wildman–Crippen LogP) is 3.54. The van der Waals surface area contributed by atoms with E-state index in [1.54, 1.807) is 18.3 Å². The van der Waals surface area contributed by atoms with Crippen molar-refractivity contribution < 1.29 is 0 Å². The lowest BCUT2D eigenvalue weighted by Crippen LogP contribution is -1.79. The molecule has 12 heavy (non-hydrogen) atoms. The molecule has 0 bridgehead atoms. The summed E-state index contributed by atoms with van der Waals surface area (Å²) < 4.78 is 0. The Morgan fingerprint density at radius 1 is 1.00 bits per heavy atom. The van der Waals surface area contributed by atoms with Gasteiger partial charge in [0, 0.05) is 11.6 Å². The van der Waals surface area contributed by atoms with Gasteiger partial charge in [-0.3, -0.25) is 4.98 Å². The summed E-state index contributed by atoms with van der Waals surface area (Å²) in [5.74, 6) is 0. The summed E-state index contributed by atoms with van der Waals surface area (Å²) >= 11 is 11.9. The largest absolute Gasteiger partial charge is 0.256 e. The molecule has 0 aliphatic heterocycles. The third kappa shape index (κ3) is 1.15. The molecule has 1 aromatic heterocycles. The quantitative estimate of drug-likeness (QED) is 0.630. The van der Waals surface area contributed by atoms with Gasteiger partial charge < -0.3 is 0 Å². The average molecular weight is 198 g/mol. The highest BCUT2D eigenvalue weighted by molar-refractivity contribution is 6.41. The molecule has 0 radical (unpaired) electrons. The molecule has 0 aliphatic carbocycles. The van der Waals surface area contributed by atoms with Gasteiger partial charge in [-0.05, 0) is 18.2 Å². The number of halogens is 2. The molecule has 0 N–H and O–H groups in total. The Morgan fingerprint density at radius 3 is 2.50 bits per heavy atom. The van der Waals surface area contributed by atoms with Crippen LogP contribution in [-0.4, -0.2) is 4.98 Å². The SMILES string of the molecule is Clc1cccc2nccc(Cl)c12. The molecular formula is C9H5Cl2N. The molecular weight excluding hydrogens is 193 g/mol. The van der Waals surface area contributed by atoms with Crippen LogP contribution in [0.5, 0.6) is 0 Å². The number of pyridine rings is 1. The number of hydrogen-bond acceptors (Lipinski definition) is 1. The zero-order valence-electron chi connectivity index (χ0n) is 6.09. The van der Waals surface area contributed by atoms with Crippen LogP contribution < -0.4 is 0 Å². The maximum absolute atomic E-state index is 5.94. The van der Waals surface area contributed by atoms with Crippen molar-refractivity contribution >= 4 is 34.1 Å². The first-order chi connectivity index (χ1) is 5.79. The molecule has 0 unspecified atom stereocenters. The third-order valence-electron chi connectivity index (χ3n) is 1.66. The van der Waals surface area contributed by atoms with E-state index in [-0.39, 0.29) is 0 Å². The fourth-order valence-electron chi connectivity index (χ4n) is 1.12. The molecule has 0 amide bonds. The first-order valence-electron chi connectivity index (χ1n) is 3.48. The van der Waals surface area contributed by atoms with Crippen LogP contribution >= 0.6 is 23.2 Å². The summed E-state index contributed by atoms with van der Waals surface area (Å²) in [5.41, 5.74) is 0.829. The molecule has 0 atom stereocenters. The zero-order valence-corrected chi connectivity index (χ0v) is 7.60. The fourth-order valence-corrected chi connectivity index (χ4v) is 1.70. The molecule has 0 spiro atoms. The van der Waals surface area contributed by atoms with E-state index < -0.39 is 0 Å². The van der Waals surface area contributed by atoms with Gasteiger partial charge in [-0.2, -0.15) is 0 Å². The minimum Gasteiger partial charge on any atom is -0.256 e. The van der Waals surface area contributed by atoms with E-state index in [1.807, 2.05) is 12.1 Å². The Labute approximate surface area is 79.9 Å². The van der Waals surface area contributed by atoms with Gasteiger partial charge in [0.25, 0.3) is 0 Å². The lowest BCUT2D eigenvalue weighted by atomic mass is 10.2. The maximum atomic E-state index is 5.94. The zero-order chi connectivity index (χ0) is 8.55. The van der Waals surface area contributed by atoms with Gasteiger partial charge in [0.15, 0.2) is 0 Å². The van der Waals surface area contributed by atoms with E-state index in [2.05, 4.69) is 4.98 Å². The van der Waals surface area contributed by atoms with Gasteiger partial charge in [0.05, 0.1) is 15.6 Å². The van der Waals surface area contributed by atoms with E-state index in [4.69, 9.17) is 23.2 Å². The standard InChI is InChI=1S/C9H5Cl2N/c10-6-2-1-3-8-9(6)7(11)4-5-12-8/h1-5H. The normalized spacial score (nSPS) is 10.5. The Morgan fingerprint density at radius 2 is 1.75 bits per heavy atom. The smallest absolute Gasteiger partial charge is 0.0731 e. The van der Waals surface area contributed by atoms with Gasteiger partial charge in [0.1, 0.15) is 0 Å². The number of benzene rings is 1. The van der Waals surface area contributed by atoms with E-state index >= 15 is 0 Å². The fraction of sp³-hybridized carbons (Fsp3) is 0. The number of fused-ring (bicyclic) bond motifs is 1. The molecule has 2 aromatic rings. The van der Waals surface area contributed by atoms with Crippen molar-refractivity contribution in [3.63, 3.8) is 0 Å². The van der Waals surface area contributed by atoms with Crippen molar-refractivity contribution in [2.75, 3.05) is 0 Å². The first-order valence-corrected chi connectivity index (χ1v) is 4.23. The molecule has 3 heteroatoms. The first kappa shape index (κ1) is 7.84. The second-order valence-corrected chi connectivity index (χ2v) is 3.24. The molecule has 2 rings (SSSR count). The van der Waals surface area contributed by atoms with E-state index in [9.17, 15) is 0 Å². The van der Waals surface area contributed by atoms with Crippen LogP contribution in [0.15, 0.2) is 30.5 Å². The maximum Gasteiger partial charge on any atom is 0.0731 e. The summed E-state index contributed by atoms with van der Waals surface area (Å²) in [5, 5.41) is 2.11. The van der Waals surface area contributed by atoms with E-state index in [0.29, 0.717) is 10.0 Å². The second kappa shape index (κ2) is 2.92. The van der Waals surface area contributed by atoms with Crippen LogP contribution in [0.1, 0.15) is 0 Å². The van der Waals surface area contributed by atoms with Gasteiger partial charge in [-0.1, -0.05) is 29.3 Å². The highest BCUT2D eigenvalue weighted by Gasteiger charge is 2.02. The van der Waals surface area contributed by atoms with E-state index in [1.165, 1.54) is 0 Å². The van der Waals surface area contributed by atoms with Crippen molar-refractivity contribution in [3.8, 4) is 0 Å². The number of hydrogen-bond donors (Lipinski definition) is 0. The summed E-state index contributed by atoms with van der Waals surface area (Å²) in [7, 11) is 0. The number of nitrogens with zero attached hydrogens (tertiary/aromatic N) is 1. The summed E-state index contributed by atoms with van der Waals surface area (Å²) in [6.45, 7) is 0. The van der Waals surface area contributed by atoms with E-state index in [0.717, 1.165) is 10.9 Å². The molecule has 1 aromatic carbocycles. The summed E-state index contributed by atoms with van der Waals surface area (Å²) in [6, 6.07) is 7.27. The molecule has 0 saturated carbocycles. The van der Waals surface area contributed by atoms with Crippen molar-refractivity contribution in [2.24, 2.45) is 0 Å². The van der Waals surface area contributed by atoms with Crippen LogP contribution in [0.2, 0.25) is 10.0 Å². The molecule has 1 heterocycles. The average Bonchev–Trinajstić information content (AvgIpc) is 2.04. The highest BCUT2D eigenvalue weighted by Crippen LogP contribution is 2.28. The Balaban J connectivity index is 2.96. The van der Waals surface area contributed by atoms with Crippen LogP contribution in [-0.2, 0) is 0 Å². The molecule has 1 nitrogen and oxygen atoms in total. The van der Waals surface area contributed by atoms with Crippen LogP contribution in [0.3, 0.4) is 0 Å². The Hall–Kier alpha value is -0.790.